The summed E-state index contributed by atoms with van der Waals surface area (Å²) in [4.78, 5) is 8.55. The number of phenolic OH excluding ortho intramolecular Hbond substituents is 1. The highest BCUT2D eigenvalue weighted by atomic mass is 127. The first kappa shape index (κ1) is 23.9. The van der Waals surface area contributed by atoms with Gasteiger partial charge in [-0.3, -0.25) is 4.90 Å². The molecule has 0 spiro atoms. The topological polar surface area (TPSA) is 69.1 Å². The summed E-state index contributed by atoms with van der Waals surface area (Å²) in [6.07, 6.45) is 0.257. The molecule has 2 unspecified atom stereocenters. The molecule has 0 amide bonds. The molecule has 0 bridgehead atoms. The molecule has 1 fully saturated rings. The van der Waals surface area contributed by atoms with Crippen LogP contribution in [0.3, 0.4) is 0 Å². The second-order valence-corrected chi connectivity index (χ2v) is 7.93. The smallest absolute Gasteiger partial charge is 0.191 e. The van der Waals surface area contributed by atoms with E-state index in [1.54, 1.807) is 23.5 Å². The summed E-state index contributed by atoms with van der Waals surface area (Å²) in [6.45, 7) is 9.01. The second-order valence-electron chi connectivity index (χ2n) is 6.95. The summed E-state index contributed by atoms with van der Waals surface area (Å²) in [7, 11) is 0. The van der Waals surface area contributed by atoms with Gasteiger partial charge in [0.25, 0.3) is 0 Å². The standard InChI is InChI=1S/C21H30N4O2S.HI/c1-3-22-21(23-13-17-6-8-18(26)9-7-17)24-14-19(20-5-4-12-28-20)25-10-11-27-16(2)15-25;/h4-9,12,16,19,26H,3,10-11,13-15H2,1-2H3,(H2,22,23,24);1H. The fraction of sp³-hybridized carbons (Fsp3) is 0.476. The third-order valence-electron chi connectivity index (χ3n) is 4.75. The molecular formula is C21H31IN4O2S. The molecule has 0 aliphatic carbocycles. The van der Waals surface area contributed by atoms with Gasteiger partial charge < -0.3 is 20.5 Å². The Morgan fingerprint density at radius 2 is 2.10 bits per heavy atom. The molecule has 0 saturated carbocycles. The number of rotatable bonds is 7. The van der Waals surface area contributed by atoms with E-state index in [0.717, 1.165) is 44.3 Å². The first-order valence-corrected chi connectivity index (χ1v) is 10.7. The van der Waals surface area contributed by atoms with Gasteiger partial charge in [-0.25, -0.2) is 4.99 Å². The van der Waals surface area contributed by atoms with Gasteiger partial charge in [0.1, 0.15) is 5.75 Å². The summed E-state index contributed by atoms with van der Waals surface area (Å²) in [5, 5.41) is 18.4. The van der Waals surface area contributed by atoms with Crippen LogP contribution in [0, 0.1) is 0 Å². The quantitative estimate of drug-likeness (QED) is 0.290. The van der Waals surface area contributed by atoms with Crippen molar-refractivity contribution in [3.63, 3.8) is 0 Å². The maximum absolute atomic E-state index is 9.42. The molecule has 3 N–H and O–H groups in total. The van der Waals surface area contributed by atoms with Crippen LogP contribution in [0.5, 0.6) is 5.75 Å². The van der Waals surface area contributed by atoms with Crippen LogP contribution in [0.2, 0.25) is 0 Å². The zero-order valence-electron chi connectivity index (χ0n) is 17.0. The van der Waals surface area contributed by atoms with Gasteiger partial charge in [-0.05, 0) is 43.0 Å². The number of benzene rings is 1. The summed E-state index contributed by atoms with van der Waals surface area (Å²) in [6, 6.07) is 11.8. The number of hydrogen-bond acceptors (Lipinski definition) is 5. The largest absolute Gasteiger partial charge is 0.508 e. The van der Waals surface area contributed by atoms with Crippen LogP contribution in [0.4, 0.5) is 0 Å². The number of nitrogens with zero attached hydrogens (tertiary/aromatic N) is 2. The lowest BCUT2D eigenvalue weighted by atomic mass is 10.1. The summed E-state index contributed by atoms with van der Waals surface area (Å²) in [5.41, 5.74) is 1.06. The number of hydrogen-bond donors (Lipinski definition) is 3. The number of aliphatic imine (C=N–C) groups is 1. The van der Waals surface area contributed by atoms with Gasteiger partial charge >= 0.3 is 0 Å². The van der Waals surface area contributed by atoms with Crippen LogP contribution in [-0.2, 0) is 11.3 Å². The first-order chi connectivity index (χ1) is 13.7. The zero-order valence-corrected chi connectivity index (χ0v) is 20.2. The van der Waals surface area contributed by atoms with Crippen LogP contribution in [0.25, 0.3) is 0 Å². The number of aromatic hydroxyl groups is 1. The zero-order chi connectivity index (χ0) is 19.8. The summed E-state index contributed by atoms with van der Waals surface area (Å²) in [5.74, 6) is 1.08. The molecule has 3 rings (SSSR count). The van der Waals surface area contributed by atoms with E-state index >= 15 is 0 Å². The third kappa shape index (κ3) is 7.44. The Morgan fingerprint density at radius 3 is 2.76 bits per heavy atom. The highest BCUT2D eigenvalue weighted by Gasteiger charge is 2.26. The van der Waals surface area contributed by atoms with Crippen LogP contribution < -0.4 is 10.6 Å². The number of phenols is 1. The molecule has 29 heavy (non-hydrogen) atoms. The fourth-order valence-electron chi connectivity index (χ4n) is 3.33. The van der Waals surface area contributed by atoms with E-state index in [9.17, 15) is 5.11 Å². The molecular weight excluding hydrogens is 499 g/mol. The molecule has 2 heterocycles. The number of nitrogens with one attached hydrogen (secondary N) is 2. The van der Waals surface area contributed by atoms with E-state index in [1.165, 1.54) is 4.88 Å². The molecule has 0 radical (unpaired) electrons. The normalized spacial score (nSPS) is 18.7. The first-order valence-electron chi connectivity index (χ1n) is 9.85. The average molecular weight is 530 g/mol. The Hall–Kier alpha value is -1.36. The molecule has 2 atom stereocenters. The Bertz CT molecular complexity index is 740. The summed E-state index contributed by atoms with van der Waals surface area (Å²) >= 11 is 1.80. The highest BCUT2D eigenvalue weighted by Crippen LogP contribution is 2.26. The maximum atomic E-state index is 9.42. The molecule has 1 aliphatic heterocycles. The molecule has 1 aromatic carbocycles. The Kier molecular flexibility index (Phi) is 10.2. The van der Waals surface area contributed by atoms with Gasteiger partial charge in [-0.15, -0.1) is 35.3 Å². The Morgan fingerprint density at radius 1 is 1.31 bits per heavy atom. The van der Waals surface area contributed by atoms with Gasteiger partial charge in [-0.2, -0.15) is 0 Å². The maximum Gasteiger partial charge on any atom is 0.191 e. The molecule has 1 saturated heterocycles. The molecule has 160 valence electrons. The van der Waals surface area contributed by atoms with Crippen LogP contribution in [0.15, 0.2) is 46.8 Å². The number of ether oxygens (including phenoxy) is 1. The van der Waals surface area contributed by atoms with Gasteiger partial charge in [0.2, 0.25) is 0 Å². The minimum Gasteiger partial charge on any atom is -0.508 e. The minimum absolute atomic E-state index is 0. The van der Waals surface area contributed by atoms with E-state index in [4.69, 9.17) is 9.73 Å². The van der Waals surface area contributed by atoms with E-state index < -0.39 is 0 Å². The minimum atomic E-state index is 0. The van der Waals surface area contributed by atoms with Crippen molar-refractivity contribution in [3.8, 4) is 5.75 Å². The predicted octanol–water partition coefficient (Wildman–Crippen LogP) is 3.59. The van der Waals surface area contributed by atoms with Crippen molar-refractivity contribution in [3.05, 3.63) is 52.2 Å². The highest BCUT2D eigenvalue weighted by molar-refractivity contribution is 14.0. The number of thiophene rings is 1. The molecule has 1 aromatic heterocycles. The van der Waals surface area contributed by atoms with E-state index in [2.05, 4.69) is 46.9 Å². The molecule has 8 heteroatoms. The fourth-order valence-corrected chi connectivity index (χ4v) is 4.19. The van der Waals surface area contributed by atoms with Crippen LogP contribution in [-0.4, -0.2) is 54.9 Å². The van der Waals surface area contributed by atoms with Crippen molar-refractivity contribution in [1.82, 2.24) is 15.5 Å². The third-order valence-corrected chi connectivity index (χ3v) is 5.72. The summed E-state index contributed by atoms with van der Waals surface area (Å²) < 4.78 is 5.72. The van der Waals surface area contributed by atoms with Crippen molar-refractivity contribution >= 4 is 41.3 Å². The van der Waals surface area contributed by atoms with Gasteiger partial charge in [-0.1, -0.05) is 18.2 Å². The molecule has 1 aliphatic rings. The van der Waals surface area contributed by atoms with Gasteiger partial charge in [0, 0.05) is 31.1 Å². The Labute approximate surface area is 194 Å². The van der Waals surface area contributed by atoms with Gasteiger partial charge in [0.05, 0.1) is 25.3 Å². The van der Waals surface area contributed by atoms with E-state index in [1.807, 2.05) is 12.1 Å². The molecule has 6 nitrogen and oxygen atoms in total. The van der Waals surface area contributed by atoms with Crippen LogP contribution in [0.1, 0.15) is 30.3 Å². The SMILES string of the molecule is CCNC(=NCc1ccc(O)cc1)NCC(c1cccs1)N1CCOC(C)C1.I. The molecule has 2 aromatic rings. The number of halogens is 1. The van der Waals surface area contributed by atoms with Crippen molar-refractivity contribution in [2.45, 2.75) is 32.5 Å². The lowest BCUT2D eigenvalue weighted by Gasteiger charge is -2.37. The van der Waals surface area contributed by atoms with Crippen molar-refractivity contribution < 1.29 is 9.84 Å². The number of morpholine rings is 1. The van der Waals surface area contributed by atoms with Gasteiger partial charge in [0.15, 0.2) is 5.96 Å². The van der Waals surface area contributed by atoms with Crippen molar-refractivity contribution in [1.29, 1.82) is 0 Å². The number of guanidine groups is 1. The van der Waals surface area contributed by atoms with Crippen molar-refractivity contribution in [2.75, 3.05) is 32.8 Å². The van der Waals surface area contributed by atoms with E-state index in [-0.39, 0.29) is 35.8 Å². The van der Waals surface area contributed by atoms with Crippen molar-refractivity contribution in [2.24, 2.45) is 4.99 Å². The average Bonchev–Trinajstić information content (AvgIpc) is 3.22. The van der Waals surface area contributed by atoms with Crippen LogP contribution >= 0.6 is 35.3 Å². The lowest BCUT2D eigenvalue weighted by molar-refractivity contribution is -0.0334. The lowest BCUT2D eigenvalue weighted by Crippen LogP contribution is -2.48. The van der Waals surface area contributed by atoms with E-state index in [0.29, 0.717) is 12.6 Å². The predicted molar refractivity (Wildman–Crippen MR) is 130 cm³/mol. The Balaban J connectivity index is 0.00000300. The second kappa shape index (κ2) is 12.4. The monoisotopic (exact) mass is 530 g/mol.